The number of rotatable bonds is 7. The number of hydrogen-bond donors (Lipinski definition) is 2. The van der Waals surface area contributed by atoms with Gasteiger partial charge in [0.2, 0.25) is 0 Å². The van der Waals surface area contributed by atoms with Crippen LogP contribution in [-0.2, 0) is 4.79 Å². The predicted octanol–water partition coefficient (Wildman–Crippen LogP) is 1.88. The lowest BCUT2D eigenvalue weighted by Crippen LogP contribution is -2.37. The standard InChI is InChI=1S/C16H20N2O3/c1-3-14(11-19)18-16(20)13(10-17)9-12-5-7-15(8-6-12)21-4-2/h5-9,14,19H,3-4,11H2,1-2H3,(H,18,20)/b13-9-. The molecule has 0 bridgehead atoms. The second kappa shape index (κ2) is 8.77. The molecule has 0 spiro atoms. The molecule has 1 aromatic carbocycles. The third-order valence-electron chi connectivity index (χ3n) is 2.92. The molecular weight excluding hydrogens is 268 g/mol. The average molecular weight is 288 g/mol. The molecular formula is C16H20N2O3. The smallest absolute Gasteiger partial charge is 0.262 e. The van der Waals surface area contributed by atoms with Crippen molar-refractivity contribution >= 4 is 12.0 Å². The first-order valence-electron chi connectivity index (χ1n) is 6.90. The van der Waals surface area contributed by atoms with Crippen LogP contribution in [0.2, 0.25) is 0 Å². The van der Waals surface area contributed by atoms with E-state index in [1.165, 1.54) is 6.08 Å². The number of benzene rings is 1. The number of ether oxygens (including phenoxy) is 1. The van der Waals surface area contributed by atoms with Crippen LogP contribution in [0.5, 0.6) is 5.75 Å². The highest BCUT2D eigenvalue weighted by atomic mass is 16.5. The van der Waals surface area contributed by atoms with E-state index in [0.29, 0.717) is 13.0 Å². The molecule has 0 saturated heterocycles. The van der Waals surface area contributed by atoms with Gasteiger partial charge >= 0.3 is 0 Å². The molecule has 0 fully saturated rings. The molecule has 1 rings (SSSR count). The molecule has 5 heteroatoms. The Morgan fingerprint density at radius 2 is 2.10 bits per heavy atom. The molecule has 2 N–H and O–H groups in total. The lowest BCUT2D eigenvalue weighted by atomic mass is 10.1. The van der Waals surface area contributed by atoms with Crippen LogP contribution >= 0.6 is 0 Å². The molecule has 1 unspecified atom stereocenters. The minimum absolute atomic E-state index is 0.00561. The second-order valence-electron chi connectivity index (χ2n) is 4.43. The molecule has 0 aliphatic rings. The summed E-state index contributed by atoms with van der Waals surface area (Å²) in [5, 5.41) is 20.8. The summed E-state index contributed by atoms with van der Waals surface area (Å²) in [5.41, 5.74) is 0.744. The fraction of sp³-hybridized carbons (Fsp3) is 0.375. The van der Waals surface area contributed by atoms with Gasteiger partial charge in [-0.2, -0.15) is 5.26 Å². The van der Waals surface area contributed by atoms with E-state index in [0.717, 1.165) is 11.3 Å². The summed E-state index contributed by atoms with van der Waals surface area (Å²) in [6.07, 6.45) is 2.11. The highest BCUT2D eigenvalue weighted by Crippen LogP contribution is 2.14. The van der Waals surface area contributed by atoms with E-state index in [2.05, 4.69) is 5.32 Å². The van der Waals surface area contributed by atoms with Crippen LogP contribution in [0, 0.1) is 11.3 Å². The third kappa shape index (κ3) is 5.28. The van der Waals surface area contributed by atoms with Crippen LogP contribution in [0.3, 0.4) is 0 Å². The van der Waals surface area contributed by atoms with Crippen molar-refractivity contribution in [3.05, 3.63) is 35.4 Å². The van der Waals surface area contributed by atoms with Gasteiger partial charge in [0.25, 0.3) is 5.91 Å². The van der Waals surface area contributed by atoms with Gasteiger partial charge in [0.05, 0.1) is 19.3 Å². The van der Waals surface area contributed by atoms with Gasteiger partial charge in [-0.1, -0.05) is 19.1 Å². The number of amides is 1. The molecule has 0 aliphatic heterocycles. The lowest BCUT2D eigenvalue weighted by Gasteiger charge is -2.13. The number of hydrogen-bond acceptors (Lipinski definition) is 4. The zero-order valence-electron chi connectivity index (χ0n) is 12.3. The van der Waals surface area contributed by atoms with Gasteiger partial charge < -0.3 is 15.2 Å². The fourth-order valence-electron chi connectivity index (χ4n) is 1.68. The Hall–Kier alpha value is -2.32. The summed E-state index contributed by atoms with van der Waals surface area (Å²) in [5.74, 6) is 0.260. The van der Waals surface area contributed by atoms with E-state index in [-0.39, 0.29) is 18.2 Å². The summed E-state index contributed by atoms with van der Waals surface area (Å²) in [7, 11) is 0. The van der Waals surface area contributed by atoms with Gasteiger partial charge in [-0.05, 0) is 37.1 Å². The number of aliphatic hydroxyl groups is 1. The van der Waals surface area contributed by atoms with Crippen LogP contribution in [0.15, 0.2) is 29.8 Å². The monoisotopic (exact) mass is 288 g/mol. The van der Waals surface area contributed by atoms with Crippen LogP contribution in [0.25, 0.3) is 6.08 Å². The Labute approximate surface area is 124 Å². The maximum Gasteiger partial charge on any atom is 0.262 e. The largest absolute Gasteiger partial charge is 0.494 e. The van der Waals surface area contributed by atoms with Gasteiger partial charge in [-0.15, -0.1) is 0 Å². The highest BCUT2D eigenvalue weighted by Gasteiger charge is 2.13. The van der Waals surface area contributed by atoms with Crippen LogP contribution < -0.4 is 10.1 Å². The first-order chi connectivity index (χ1) is 10.1. The molecule has 0 heterocycles. The molecule has 0 saturated carbocycles. The topological polar surface area (TPSA) is 82.3 Å². The van der Waals surface area contributed by atoms with Crippen LogP contribution in [0.1, 0.15) is 25.8 Å². The first kappa shape index (κ1) is 16.7. The molecule has 0 radical (unpaired) electrons. The van der Waals surface area contributed by atoms with E-state index in [1.807, 2.05) is 19.9 Å². The fourth-order valence-corrected chi connectivity index (χ4v) is 1.68. The second-order valence-corrected chi connectivity index (χ2v) is 4.43. The van der Waals surface area contributed by atoms with Gasteiger partial charge in [-0.25, -0.2) is 0 Å². The molecule has 0 aliphatic carbocycles. The van der Waals surface area contributed by atoms with Gasteiger partial charge in [0, 0.05) is 0 Å². The van der Waals surface area contributed by atoms with Gasteiger partial charge in [0.1, 0.15) is 17.4 Å². The minimum atomic E-state index is -0.479. The van der Waals surface area contributed by atoms with E-state index < -0.39 is 5.91 Å². The SMILES string of the molecule is CCOc1ccc(/C=C(/C#N)C(=O)NC(CC)CO)cc1. The third-order valence-corrected chi connectivity index (χ3v) is 2.92. The zero-order valence-corrected chi connectivity index (χ0v) is 12.3. The number of nitrogens with zero attached hydrogens (tertiary/aromatic N) is 1. The number of nitrogens with one attached hydrogen (secondary N) is 1. The number of nitriles is 1. The van der Waals surface area contributed by atoms with Crippen molar-refractivity contribution in [3.63, 3.8) is 0 Å². The molecule has 112 valence electrons. The van der Waals surface area contributed by atoms with Crippen LogP contribution in [-0.4, -0.2) is 30.3 Å². The lowest BCUT2D eigenvalue weighted by molar-refractivity contribution is -0.118. The van der Waals surface area contributed by atoms with E-state index in [9.17, 15) is 4.79 Å². The molecule has 1 amide bonds. The molecule has 5 nitrogen and oxygen atoms in total. The maximum atomic E-state index is 11.9. The van der Waals surface area contributed by atoms with Crippen molar-refractivity contribution < 1.29 is 14.6 Å². The summed E-state index contributed by atoms with van der Waals surface area (Å²) in [6, 6.07) is 8.66. The number of aliphatic hydroxyl groups excluding tert-OH is 1. The van der Waals surface area contributed by atoms with Crippen molar-refractivity contribution in [1.29, 1.82) is 5.26 Å². The van der Waals surface area contributed by atoms with Crippen molar-refractivity contribution in [2.75, 3.05) is 13.2 Å². The minimum Gasteiger partial charge on any atom is -0.494 e. The summed E-state index contributed by atoms with van der Waals surface area (Å²) >= 11 is 0. The Bertz CT molecular complexity index is 525. The molecule has 1 aromatic rings. The van der Waals surface area contributed by atoms with Crippen molar-refractivity contribution in [3.8, 4) is 11.8 Å². The summed E-state index contributed by atoms with van der Waals surface area (Å²) in [6.45, 7) is 4.19. The van der Waals surface area contributed by atoms with Crippen molar-refractivity contribution in [2.45, 2.75) is 26.3 Å². The average Bonchev–Trinajstić information content (AvgIpc) is 2.51. The summed E-state index contributed by atoms with van der Waals surface area (Å²) < 4.78 is 5.33. The van der Waals surface area contributed by atoms with Crippen molar-refractivity contribution in [1.82, 2.24) is 5.32 Å². The molecule has 0 aromatic heterocycles. The zero-order chi connectivity index (χ0) is 15.7. The first-order valence-corrected chi connectivity index (χ1v) is 6.90. The normalized spacial score (nSPS) is 12.4. The van der Waals surface area contributed by atoms with E-state index in [4.69, 9.17) is 15.1 Å². The molecule has 1 atom stereocenters. The Morgan fingerprint density at radius 1 is 1.43 bits per heavy atom. The Morgan fingerprint density at radius 3 is 2.57 bits per heavy atom. The van der Waals surface area contributed by atoms with Gasteiger partial charge in [0.15, 0.2) is 0 Å². The maximum absolute atomic E-state index is 11.9. The molecule has 21 heavy (non-hydrogen) atoms. The quantitative estimate of drug-likeness (QED) is 0.593. The highest BCUT2D eigenvalue weighted by molar-refractivity contribution is 6.01. The summed E-state index contributed by atoms with van der Waals surface area (Å²) in [4.78, 5) is 11.9. The van der Waals surface area contributed by atoms with Gasteiger partial charge in [-0.3, -0.25) is 4.79 Å². The van der Waals surface area contributed by atoms with E-state index >= 15 is 0 Å². The van der Waals surface area contributed by atoms with Crippen LogP contribution in [0.4, 0.5) is 0 Å². The van der Waals surface area contributed by atoms with E-state index in [1.54, 1.807) is 24.3 Å². The van der Waals surface area contributed by atoms with Crippen molar-refractivity contribution in [2.24, 2.45) is 0 Å². The Balaban J connectivity index is 2.83. The number of carbonyl (C=O) groups excluding carboxylic acids is 1. The predicted molar refractivity (Wildman–Crippen MR) is 80.5 cm³/mol. The Kier molecular flexibility index (Phi) is 6.99. The number of carbonyl (C=O) groups is 1.